The molecule has 0 aromatic heterocycles. The number of hydrogen-bond acceptors (Lipinski definition) is 4. The summed E-state index contributed by atoms with van der Waals surface area (Å²) >= 11 is 0. The number of aryl methyl sites for hydroxylation is 1. The monoisotopic (exact) mass is 294 g/mol. The van der Waals surface area contributed by atoms with Gasteiger partial charge < -0.3 is 10.4 Å². The van der Waals surface area contributed by atoms with Crippen molar-refractivity contribution in [3.05, 3.63) is 39.4 Å². The first-order valence-corrected chi connectivity index (χ1v) is 7.08. The van der Waals surface area contributed by atoms with Crippen molar-refractivity contribution in [1.82, 2.24) is 5.32 Å². The second kappa shape index (κ2) is 7.73. The number of carbonyl (C=O) groups is 1. The second-order valence-electron chi connectivity index (χ2n) is 5.44. The van der Waals surface area contributed by atoms with Gasteiger partial charge in [0.15, 0.2) is 0 Å². The Hall–Kier alpha value is -1.95. The minimum Gasteiger partial charge on any atom is -0.394 e. The SMILES string of the molecule is CCc1ccc(C(=O)NC(CO)CC(C)C)cc1[N+](=O)[O-]. The normalized spacial score (nSPS) is 12.2. The fourth-order valence-electron chi connectivity index (χ4n) is 2.19. The molecular weight excluding hydrogens is 272 g/mol. The van der Waals surface area contributed by atoms with Crippen LogP contribution in [0.3, 0.4) is 0 Å². The number of benzene rings is 1. The first kappa shape index (κ1) is 17.1. The summed E-state index contributed by atoms with van der Waals surface area (Å²) in [6, 6.07) is 4.12. The summed E-state index contributed by atoms with van der Waals surface area (Å²) in [5, 5.41) is 23.0. The number of hydrogen-bond donors (Lipinski definition) is 2. The average molecular weight is 294 g/mol. The highest BCUT2D eigenvalue weighted by atomic mass is 16.6. The van der Waals surface area contributed by atoms with Gasteiger partial charge in [-0.2, -0.15) is 0 Å². The lowest BCUT2D eigenvalue weighted by molar-refractivity contribution is -0.385. The Bertz CT molecular complexity index is 514. The van der Waals surface area contributed by atoms with E-state index in [0.29, 0.717) is 24.3 Å². The van der Waals surface area contributed by atoms with Crippen LogP contribution >= 0.6 is 0 Å². The minimum absolute atomic E-state index is 0.0467. The molecule has 21 heavy (non-hydrogen) atoms. The van der Waals surface area contributed by atoms with Crippen LogP contribution in [-0.2, 0) is 6.42 Å². The van der Waals surface area contributed by atoms with E-state index in [2.05, 4.69) is 5.32 Å². The molecular formula is C15H22N2O4. The molecule has 0 saturated carbocycles. The zero-order valence-electron chi connectivity index (χ0n) is 12.6. The summed E-state index contributed by atoms with van der Waals surface area (Å²) in [6.07, 6.45) is 1.18. The van der Waals surface area contributed by atoms with E-state index in [-0.39, 0.29) is 23.9 Å². The van der Waals surface area contributed by atoms with Crippen LogP contribution < -0.4 is 5.32 Å². The molecule has 1 aromatic rings. The molecule has 1 rings (SSSR count). The fourth-order valence-corrected chi connectivity index (χ4v) is 2.19. The van der Waals surface area contributed by atoms with Gasteiger partial charge in [0, 0.05) is 17.2 Å². The van der Waals surface area contributed by atoms with Crippen molar-refractivity contribution in [3.63, 3.8) is 0 Å². The minimum atomic E-state index is -0.479. The molecule has 6 nitrogen and oxygen atoms in total. The van der Waals surface area contributed by atoms with E-state index >= 15 is 0 Å². The van der Waals surface area contributed by atoms with Gasteiger partial charge in [-0.3, -0.25) is 14.9 Å². The highest BCUT2D eigenvalue weighted by Gasteiger charge is 2.19. The van der Waals surface area contributed by atoms with E-state index in [0.717, 1.165) is 0 Å². The van der Waals surface area contributed by atoms with Gasteiger partial charge in [0.25, 0.3) is 11.6 Å². The van der Waals surface area contributed by atoms with Crippen LogP contribution in [0.5, 0.6) is 0 Å². The van der Waals surface area contributed by atoms with E-state index in [1.54, 1.807) is 12.1 Å². The van der Waals surface area contributed by atoms with Crippen LogP contribution in [0.25, 0.3) is 0 Å². The molecule has 1 aromatic carbocycles. The molecule has 1 unspecified atom stereocenters. The molecule has 0 heterocycles. The van der Waals surface area contributed by atoms with Gasteiger partial charge in [-0.15, -0.1) is 0 Å². The first-order valence-electron chi connectivity index (χ1n) is 7.08. The van der Waals surface area contributed by atoms with Crippen molar-refractivity contribution in [2.45, 2.75) is 39.7 Å². The molecule has 0 aliphatic carbocycles. The highest BCUT2D eigenvalue weighted by Crippen LogP contribution is 2.21. The Kier molecular flexibility index (Phi) is 6.30. The molecule has 0 radical (unpaired) electrons. The standard InChI is InChI=1S/C15H22N2O4/c1-4-11-5-6-12(8-14(11)17(20)21)15(19)16-13(9-18)7-10(2)3/h5-6,8,10,13,18H,4,7,9H2,1-3H3,(H,16,19). The molecule has 2 N–H and O–H groups in total. The molecule has 116 valence electrons. The summed E-state index contributed by atoms with van der Waals surface area (Å²) in [5.41, 5.74) is 0.785. The van der Waals surface area contributed by atoms with Gasteiger partial charge in [0.2, 0.25) is 0 Å². The van der Waals surface area contributed by atoms with Gasteiger partial charge in [0.1, 0.15) is 0 Å². The van der Waals surface area contributed by atoms with Crippen LogP contribution in [-0.4, -0.2) is 28.6 Å². The topological polar surface area (TPSA) is 92.5 Å². The number of nitrogens with one attached hydrogen (secondary N) is 1. The lowest BCUT2D eigenvalue weighted by Crippen LogP contribution is -2.38. The van der Waals surface area contributed by atoms with E-state index in [9.17, 15) is 20.0 Å². The van der Waals surface area contributed by atoms with E-state index in [4.69, 9.17) is 0 Å². The third kappa shape index (κ3) is 4.82. The summed E-state index contributed by atoms with van der Waals surface area (Å²) < 4.78 is 0. The van der Waals surface area contributed by atoms with Crippen molar-refractivity contribution in [1.29, 1.82) is 0 Å². The number of amides is 1. The molecule has 0 bridgehead atoms. The van der Waals surface area contributed by atoms with Crippen LogP contribution in [0.15, 0.2) is 18.2 Å². The highest BCUT2D eigenvalue weighted by molar-refractivity contribution is 5.95. The molecule has 1 atom stereocenters. The summed E-state index contributed by atoms with van der Waals surface area (Å²) in [5.74, 6) is -0.0697. The number of carbonyl (C=O) groups excluding carboxylic acids is 1. The zero-order chi connectivity index (χ0) is 16.0. The van der Waals surface area contributed by atoms with Crippen molar-refractivity contribution in [2.75, 3.05) is 6.61 Å². The van der Waals surface area contributed by atoms with Crippen molar-refractivity contribution < 1.29 is 14.8 Å². The summed E-state index contributed by atoms with van der Waals surface area (Å²) in [6.45, 7) is 5.66. The third-order valence-electron chi connectivity index (χ3n) is 3.24. The molecule has 1 amide bonds. The van der Waals surface area contributed by atoms with E-state index in [1.165, 1.54) is 6.07 Å². The van der Waals surface area contributed by atoms with Crippen LogP contribution in [0.4, 0.5) is 5.69 Å². The largest absolute Gasteiger partial charge is 0.394 e. The van der Waals surface area contributed by atoms with E-state index in [1.807, 2.05) is 20.8 Å². The summed E-state index contributed by atoms with van der Waals surface area (Å²) in [7, 11) is 0. The zero-order valence-corrected chi connectivity index (χ0v) is 12.6. The first-order chi connectivity index (χ1) is 9.88. The van der Waals surface area contributed by atoms with Gasteiger partial charge >= 0.3 is 0 Å². The number of aliphatic hydroxyl groups is 1. The predicted octanol–water partition coefficient (Wildman–Crippen LogP) is 2.29. The lowest BCUT2D eigenvalue weighted by atomic mass is 10.0. The number of rotatable bonds is 7. The smallest absolute Gasteiger partial charge is 0.273 e. The number of nitrogens with zero attached hydrogens (tertiary/aromatic N) is 1. The lowest BCUT2D eigenvalue weighted by Gasteiger charge is -2.18. The number of aliphatic hydroxyl groups excluding tert-OH is 1. The Labute approximate surface area is 124 Å². The molecule has 0 fully saturated rings. The quantitative estimate of drug-likeness (QED) is 0.596. The molecule has 6 heteroatoms. The van der Waals surface area contributed by atoms with Gasteiger partial charge in [-0.1, -0.05) is 26.8 Å². The van der Waals surface area contributed by atoms with Crippen molar-refractivity contribution in [2.24, 2.45) is 5.92 Å². The van der Waals surface area contributed by atoms with Crippen molar-refractivity contribution >= 4 is 11.6 Å². The Balaban J connectivity index is 2.92. The number of nitro groups is 1. The average Bonchev–Trinajstić information content (AvgIpc) is 2.45. The van der Waals surface area contributed by atoms with Crippen LogP contribution in [0.2, 0.25) is 0 Å². The summed E-state index contributed by atoms with van der Waals surface area (Å²) in [4.78, 5) is 22.7. The Morgan fingerprint density at radius 3 is 2.57 bits per heavy atom. The Morgan fingerprint density at radius 1 is 1.43 bits per heavy atom. The van der Waals surface area contributed by atoms with Gasteiger partial charge in [0.05, 0.1) is 17.6 Å². The molecule has 0 aliphatic rings. The van der Waals surface area contributed by atoms with Gasteiger partial charge in [-0.25, -0.2) is 0 Å². The molecule has 0 aliphatic heterocycles. The Morgan fingerprint density at radius 2 is 2.10 bits per heavy atom. The maximum atomic E-state index is 12.1. The number of nitro benzene ring substituents is 1. The predicted molar refractivity (Wildman–Crippen MR) is 80.3 cm³/mol. The van der Waals surface area contributed by atoms with Crippen LogP contribution in [0.1, 0.15) is 43.1 Å². The van der Waals surface area contributed by atoms with Gasteiger partial charge in [-0.05, 0) is 24.8 Å². The maximum absolute atomic E-state index is 12.1. The third-order valence-corrected chi connectivity index (χ3v) is 3.24. The molecule has 0 saturated heterocycles. The van der Waals surface area contributed by atoms with Crippen molar-refractivity contribution in [3.8, 4) is 0 Å². The maximum Gasteiger partial charge on any atom is 0.273 e. The fraction of sp³-hybridized carbons (Fsp3) is 0.533. The van der Waals surface area contributed by atoms with Crippen LogP contribution in [0, 0.1) is 16.0 Å². The molecule has 0 spiro atoms. The second-order valence-corrected chi connectivity index (χ2v) is 5.44. The van der Waals surface area contributed by atoms with E-state index < -0.39 is 10.8 Å².